The minimum absolute atomic E-state index is 0.353. The third-order valence-electron chi connectivity index (χ3n) is 3.03. The van der Waals surface area contributed by atoms with Crippen molar-refractivity contribution in [1.29, 1.82) is 5.26 Å². The summed E-state index contributed by atoms with van der Waals surface area (Å²) in [7, 11) is 0. The first-order chi connectivity index (χ1) is 8.36. The maximum atomic E-state index is 8.77. The molecule has 0 aliphatic heterocycles. The fourth-order valence-corrected chi connectivity index (χ4v) is 1.81. The largest absolute Gasteiger partial charge is 0.334 e. The molecule has 1 saturated carbocycles. The fourth-order valence-electron chi connectivity index (χ4n) is 1.81. The van der Waals surface area contributed by atoms with E-state index >= 15 is 0 Å². The second-order valence-corrected chi connectivity index (χ2v) is 4.13. The minimum atomic E-state index is 0.353. The van der Waals surface area contributed by atoms with Gasteiger partial charge in [0.05, 0.1) is 0 Å². The molecule has 2 aromatic rings. The van der Waals surface area contributed by atoms with Crippen LogP contribution >= 0.6 is 0 Å². The fraction of sp³-hybridized carbons (Fsp3) is 0.333. The van der Waals surface area contributed by atoms with E-state index in [2.05, 4.69) is 15.1 Å². The molecule has 0 radical (unpaired) electrons. The molecule has 1 aliphatic carbocycles. The summed E-state index contributed by atoms with van der Waals surface area (Å²) < 4.78 is 5.21. The number of rotatable bonds is 2. The van der Waals surface area contributed by atoms with Crippen molar-refractivity contribution in [2.75, 3.05) is 0 Å². The van der Waals surface area contributed by atoms with Crippen LogP contribution in [0, 0.1) is 11.3 Å². The average Bonchev–Trinajstić information content (AvgIpc) is 2.76. The third-order valence-corrected chi connectivity index (χ3v) is 3.03. The standard InChI is InChI=1S/C12H10N4O/c13-7-10-6-9(4-5-14-10)12-15-11(16-17-12)8-2-1-3-8/h4-6,8H,1-3H2. The summed E-state index contributed by atoms with van der Waals surface area (Å²) >= 11 is 0. The van der Waals surface area contributed by atoms with E-state index in [9.17, 15) is 0 Å². The Morgan fingerprint density at radius 1 is 1.41 bits per heavy atom. The van der Waals surface area contributed by atoms with Crippen LogP contribution in [0.5, 0.6) is 0 Å². The van der Waals surface area contributed by atoms with Crippen LogP contribution in [0.2, 0.25) is 0 Å². The summed E-state index contributed by atoms with van der Waals surface area (Å²) in [6, 6.07) is 5.40. The molecule has 5 heteroatoms. The Bertz CT molecular complexity index is 580. The number of aromatic nitrogens is 3. The van der Waals surface area contributed by atoms with Crippen LogP contribution in [0.4, 0.5) is 0 Å². The molecule has 1 fully saturated rings. The summed E-state index contributed by atoms with van der Waals surface area (Å²) in [4.78, 5) is 8.26. The molecule has 84 valence electrons. The van der Waals surface area contributed by atoms with Gasteiger partial charge in [0.2, 0.25) is 0 Å². The molecular weight excluding hydrogens is 216 g/mol. The summed E-state index contributed by atoms with van der Waals surface area (Å²) in [5.74, 6) is 1.69. The third kappa shape index (κ3) is 1.78. The second-order valence-electron chi connectivity index (χ2n) is 4.13. The summed E-state index contributed by atoms with van der Waals surface area (Å²) in [5.41, 5.74) is 1.10. The molecule has 2 aromatic heterocycles. The van der Waals surface area contributed by atoms with E-state index < -0.39 is 0 Å². The van der Waals surface area contributed by atoms with Crippen molar-refractivity contribution in [2.24, 2.45) is 0 Å². The van der Waals surface area contributed by atoms with E-state index in [1.807, 2.05) is 6.07 Å². The Morgan fingerprint density at radius 2 is 2.29 bits per heavy atom. The van der Waals surface area contributed by atoms with Gasteiger partial charge in [0.15, 0.2) is 5.82 Å². The first-order valence-corrected chi connectivity index (χ1v) is 5.57. The van der Waals surface area contributed by atoms with E-state index in [-0.39, 0.29) is 0 Å². The molecule has 17 heavy (non-hydrogen) atoms. The number of nitriles is 1. The second kappa shape index (κ2) is 3.98. The van der Waals surface area contributed by atoms with Gasteiger partial charge in [-0.25, -0.2) is 4.98 Å². The predicted molar refractivity (Wildman–Crippen MR) is 58.8 cm³/mol. The lowest BCUT2D eigenvalue weighted by molar-refractivity contribution is 0.366. The highest BCUT2D eigenvalue weighted by atomic mass is 16.5. The Labute approximate surface area is 98.1 Å². The minimum Gasteiger partial charge on any atom is -0.334 e. The van der Waals surface area contributed by atoms with Crippen molar-refractivity contribution >= 4 is 0 Å². The molecule has 1 aliphatic rings. The quantitative estimate of drug-likeness (QED) is 0.785. The SMILES string of the molecule is N#Cc1cc(-c2nc(C3CCC3)no2)ccn1. The Balaban J connectivity index is 1.92. The molecule has 5 nitrogen and oxygen atoms in total. The van der Waals surface area contributed by atoms with Crippen LogP contribution < -0.4 is 0 Å². The summed E-state index contributed by atoms with van der Waals surface area (Å²) in [5, 5.41) is 12.8. The van der Waals surface area contributed by atoms with Gasteiger partial charge < -0.3 is 4.52 Å². The maximum absolute atomic E-state index is 8.77. The van der Waals surface area contributed by atoms with Crippen LogP contribution in [0.1, 0.15) is 36.7 Å². The van der Waals surface area contributed by atoms with E-state index in [1.54, 1.807) is 18.3 Å². The normalized spacial score (nSPS) is 15.2. The maximum Gasteiger partial charge on any atom is 0.258 e. The summed E-state index contributed by atoms with van der Waals surface area (Å²) in [6.07, 6.45) is 5.08. The summed E-state index contributed by atoms with van der Waals surface area (Å²) in [6.45, 7) is 0. The van der Waals surface area contributed by atoms with Crippen molar-refractivity contribution in [3.63, 3.8) is 0 Å². The van der Waals surface area contributed by atoms with Crippen LogP contribution in [0.3, 0.4) is 0 Å². The topological polar surface area (TPSA) is 75.6 Å². The van der Waals surface area contributed by atoms with E-state index in [0.717, 1.165) is 24.2 Å². The van der Waals surface area contributed by atoms with Gasteiger partial charge >= 0.3 is 0 Å². The number of pyridine rings is 1. The number of nitrogens with zero attached hydrogens (tertiary/aromatic N) is 4. The molecule has 0 amide bonds. The number of hydrogen-bond acceptors (Lipinski definition) is 5. The molecule has 3 rings (SSSR count). The smallest absolute Gasteiger partial charge is 0.258 e. The highest BCUT2D eigenvalue weighted by Crippen LogP contribution is 2.35. The van der Waals surface area contributed by atoms with Crippen LogP contribution in [0.15, 0.2) is 22.9 Å². The zero-order valence-electron chi connectivity index (χ0n) is 9.13. The van der Waals surface area contributed by atoms with Gasteiger partial charge in [0.1, 0.15) is 11.8 Å². The predicted octanol–water partition coefficient (Wildman–Crippen LogP) is 2.27. The molecule has 0 unspecified atom stereocenters. The van der Waals surface area contributed by atoms with Gasteiger partial charge in [0, 0.05) is 17.7 Å². The highest BCUT2D eigenvalue weighted by molar-refractivity contribution is 5.54. The molecular formula is C12H10N4O. The van der Waals surface area contributed by atoms with E-state index in [1.165, 1.54) is 6.42 Å². The van der Waals surface area contributed by atoms with Crippen LogP contribution in [-0.2, 0) is 0 Å². The molecule has 2 heterocycles. The molecule has 0 spiro atoms. The zero-order valence-corrected chi connectivity index (χ0v) is 9.13. The Hall–Kier alpha value is -2.22. The van der Waals surface area contributed by atoms with Crippen molar-refractivity contribution in [2.45, 2.75) is 25.2 Å². The van der Waals surface area contributed by atoms with Crippen molar-refractivity contribution < 1.29 is 4.52 Å². The first-order valence-electron chi connectivity index (χ1n) is 5.57. The van der Waals surface area contributed by atoms with Gasteiger partial charge in [-0.15, -0.1) is 0 Å². The Morgan fingerprint density at radius 3 is 3.00 bits per heavy atom. The molecule has 0 saturated heterocycles. The van der Waals surface area contributed by atoms with E-state index in [0.29, 0.717) is 17.5 Å². The van der Waals surface area contributed by atoms with E-state index in [4.69, 9.17) is 9.78 Å². The van der Waals surface area contributed by atoms with Gasteiger partial charge in [-0.2, -0.15) is 10.2 Å². The molecule has 0 N–H and O–H groups in total. The van der Waals surface area contributed by atoms with Crippen molar-refractivity contribution in [1.82, 2.24) is 15.1 Å². The lowest BCUT2D eigenvalue weighted by Crippen LogP contribution is -2.10. The van der Waals surface area contributed by atoms with Crippen LogP contribution in [-0.4, -0.2) is 15.1 Å². The first kappa shape index (κ1) is 9.97. The van der Waals surface area contributed by atoms with Crippen LogP contribution in [0.25, 0.3) is 11.5 Å². The molecule has 0 atom stereocenters. The lowest BCUT2D eigenvalue weighted by atomic mass is 9.85. The van der Waals surface area contributed by atoms with Gasteiger partial charge in [-0.1, -0.05) is 11.6 Å². The number of hydrogen-bond donors (Lipinski definition) is 0. The average molecular weight is 226 g/mol. The van der Waals surface area contributed by atoms with Gasteiger partial charge in [-0.05, 0) is 25.0 Å². The van der Waals surface area contributed by atoms with Gasteiger partial charge in [-0.3, -0.25) is 0 Å². The zero-order chi connectivity index (χ0) is 11.7. The van der Waals surface area contributed by atoms with Gasteiger partial charge in [0.25, 0.3) is 5.89 Å². The highest BCUT2D eigenvalue weighted by Gasteiger charge is 2.24. The molecule has 0 aromatic carbocycles. The van der Waals surface area contributed by atoms with Crippen molar-refractivity contribution in [3.05, 3.63) is 29.8 Å². The monoisotopic (exact) mass is 226 g/mol. The lowest BCUT2D eigenvalue weighted by Gasteiger charge is -2.20. The van der Waals surface area contributed by atoms with Crippen molar-refractivity contribution in [3.8, 4) is 17.5 Å². The molecule has 0 bridgehead atoms. The Kier molecular flexibility index (Phi) is 2.33.